The largest absolute Gasteiger partial charge is 0.356 e. The number of aliphatic hydroxyl groups is 1. The van der Waals surface area contributed by atoms with Crippen LogP contribution in [0.1, 0.15) is 10.4 Å². The lowest BCUT2D eigenvalue weighted by Gasteiger charge is -2.23. The van der Waals surface area contributed by atoms with Crippen LogP contribution in [0.3, 0.4) is 0 Å². The van der Waals surface area contributed by atoms with Crippen LogP contribution in [0.4, 0.5) is 0 Å². The van der Waals surface area contributed by atoms with Crippen molar-refractivity contribution in [2.75, 3.05) is 0 Å². The Morgan fingerprint density at radius 2 is 1.67 bits per heavy atom. The van der Waals surface area contributed by atoms with E-state index in [1.165, 1.54) is 22.5 Å². The summed E-state index contributed by atoms with van der Waals surface area (Å²) < 4.78 is 0. The van der Waals surface area contributed by atoms with E-state index in [4.69, 9.17) is 4.84 Å². The van der Waals surface area contributed by atoms with E-state index in [0.717, 1.165) is 10.4 Å². The van der Waals surface area contributed by atoms with E-state index in [1.54, 1.807) is 17.3 Å². The molecule has 2 heterocycles. The van der Waals surface area contributed by atoms with Crippen molar-refractivity contribution in [1.29, 1.82) is 0 Å². The molecule has 1 atom stereocenters. The molecule has 2 aromatic carbocycles. The molecule has 0 saturated carbocycles. The summed E-state index contributed by atoms with van der Waals surface area (Å²) in [6, 6.07) is 22.5. The molecule has 0 amide bonds. The quantitative estimate of drug-likeness (QED) is 0.761. The number of nitrogens with zero attached hydrogens (tertiary/aromatic N) is 1. The van der Waals surface area contributed by atoms with Gasteiger partial charge in [-0.3, -0.25) is 5.06 Å². The predicted molar refractivity (Wildman–Crippen MR) is 95.9 cm³/mol. The Bertz CT molecular complexity index is 828. The van der Waals surface area contributed by atoms with Crippen molar-refractivity contribution >= 4 is 11.3 Å². The SMILES string of the molecule is OC1(c2cccs2)C=CN(Cc2ccc(-c3ccccc3)cc2)O1. The second-order valence-corrected chi connectivity index (χ2v) is 6.67. The third-order valence-corrected chi connectivity index (χ3v) is 4.97. The molecule has 0 radical (unpaired) electrons. The fourth-order valence-electron chi connectivity index (χ4n) is 2.73. The van der Waals surface area contributed by atoms with E-state index in [1.807, 2.05) is 35.7 Å². The molecule has 0 fully saturated rings. The number of hydrogen-bond donors (Lipinski definition) is 1. The molecule has 1 aromatic heterocycles. The lowest BCUT2D eigenvalue weighted by molar-refractivity contribution is -0.278. The third kappa shape index (κ3) is 2.99. The second kappa shape index (κ2) is 6.24. The number of hydrogen-bond acceptors (Lipinski definition) is 4. The van der Waals surface area contributed by atoms with Crippen LogP contribution in [0, 0.1) is 0 Å². The maximum atomic E-state index is 10.6. The number of hydroxylamine groups is 2. The van der Waals surface area contributed by atoms with Crippen molar-refractivity contribution in [2.45, 2.75) is 12.3 Å². The van der Waals surface area contributed by atoms with Gasteiger partial charge in [-0.2, -0.15) is 0 Å². The highest BCUT2D eigenvalue weighted by Gasteiger charge is 2.35. The number of thiophene rings is 1. The summed E-state index contributed by atoms with van der Waals surface area (Å²) in [7, 11) is 0. The zero-order valence-electron chi connectivity index (χ0n) is 13.0. The van der Waals surface area contributed by atoms with Crippen LogP contribution in [0.25, 0.3) is 11.1 Å². The monoisotopic (exact) mass is 335 g/mol. The van der Waals surface area contributed by atoms with Gasteiger partial charge in [0.05, 0.1) is 11.4 Å². The minimum absolute atomic E-state index is 0.583. The summed E-state index contributed by atoms with van der Waals surface area (Å²) in [5.41, 5.74) is 3.51. The summed E-state index contributed by atoms with van der Waals surface area (Å²) in [6.07, 6.45) is 3.46. The molecule has 1 aliphatic heterocycles. The highest BCUT2D eigenvalue weighted by molar-refractivity contribution is 7.10. The molecule has 1 aliphatic rings. The molecular weight excluding hydrogens is 318 g/mol. The maximum Gasteiger partial charge on any atom is 0.248 e. The van der Waals surface area contributed by atoms with E-state index < -0.39 is 5.79 Å². The van der Waals surface area contributed by atoms with E-state index in [9.17, 15) is 5.11 Å². The van der Waals surface area contributed by atoms with Gasteiger partial charge in [0.25, 0.3) is 0 Å². The third-order valence-electron chi connectivity index (χ3n) is 4.00. The average molecular weight is 335 g/mol. The highest BCUT2D eigenvalue weighted by atomic mass is 32.1. The summed E-state index contributed by atoms with van der Waals surface area (Å²) in [6.45, 7) is 0.583. The molecule has 3 aromatic rings. The van der Waals surface area contributed by atoms with Crippen LogP contribution in [-0.2, 0) is 17.2 Å². The van der Waals surface area contributed by atoms with Crippen LogP contribution in [0.5, 0.6) is 0 Å². The Labute approximate surface area is 145 Å². The van der Waals surface area contributed by atoms with Crippen LogP contribution in [0.2, 0.25) is 0 Å². The maximum absolute atomic E-state index is 10.6. The van der Waals surface area contributed by atoms with Gasteiger partial charge in [-0.05, 0) is 28.1 Å². The number of rotatable bonds is 4. The molecule has 4 rings (SSSR count). The van der Waals surface area contributed by atoms with E-state index in [0.29, 0.717) is 6.54 Å². The zero-order chi connectivity index (χ0) is 16.4. The second-order valence-electron chi connectivity index (χ2n) is 5.72. The predicted octanol–water partition coefficient (Wildman–Crippen LogP) is 4.52. The molecule has 3 nitrogen and oxygen atoms in total. The van der Waals surface area contributed by atoms with Crippen molar-refractivity contribution < 1.29 is 9.94 Å². The normalized spacial score (nSPS) is 19.8. The molecular formula is C20H17NO2S. The van der Waals surface area contributed by atoms with E-state index in [-0.39, 0.29) is 0 Å². The molecule has 0 saturated heterocycles. The topological polar surface area (TPSA) is 32.7 Å². The molecule has 0 aliphatic carbocycles. The summed E-state index contributed by atoms with van der Waals surface area (Å²) in [5.74, 6) is -1.35. The van der Waals surface area contributed by atoms with Crippen LogP contribution < -0.4 is 0 Å². The molecule has 0 spiro atoms. The first kappa shape index (κ1) is 15.1. The highest BCUT2D eigenvalue weighted by Crippen LogP contribution is 2.34. The van der Waals surface area contributed by atoms with Gasteiger partial charge in [-0.1, -0.05) is 60.7 Å². The molecule has 24 heavy (non-hydrogen) atoms. The van der Waals surface area contributed by atoms with Gasteiger partial charge in [-0.25, -0.2) is 4.84 Å². The Balaban J connectivity index is 1.45. The van der Waals surface area contributed by atoms with Crippen molar-refractivity contribution in [3.63, 3.8) is 0 Å². The number of benzene rings is 2. The Morgan fingerprint density at radius 3 is 2.38 bits per heavy atom. The molecule has 120 valence electrons. The first-order chi connectivity index (χ1) is 11.7. The molecule has 1 N–H and O–H groups in total. The van der Waals surface area contributed by atoms with Crippen molar-refractivity contribution in [3.8, 4) is 11.1 Å². The van der Waals surface area contributed by atoms with Gasteiger partial charge >= 0.3 is 0 Å². The Morgan fingerprint density at radius 1 is 0.917 bits per heavy atom. The fraction of sp³-hybridized carbons (Fsp3) is 0.100. The molecule has 0 bridgehead atoms. The fourth-order valence-corrected chi connectivity index (χ4v) is 3.47. The van der Waals surface area contributed by atoms with Crippen LogP contribution in [-0.4, -0.2) is 10.2 Å². The van der Waals surface area contributed by atoms with Crippen LogP contribution in [0.15, 0.2) is 84.4 Å². The van der Waals surface area contributed by atoms with E-state index in [2.05, 4.69) is 36.4 Å². The van der Waals surface area contributed by atoms with Gasteiger partial charge < -0.3 is 5.11 Å². The smallest absolute Gasteiger partial charge is 0.248 e. The Hall–Kier alpha value is -2.40. The van der Waals surface area contributed by atoms with Gasteiger partial charge in [-0.15, -0.1) is 11.3 Å². The van der Waals surface area contributed by atoms with Gasteiger partial charge in [0.1, 0.15) is 0 Å². The lowest BCUT2D eigenvalue weighted by Crippen LogP contribution is -2.27. The van der Waals surface area contributed by atoms with E-state index >= 15 is 0 Å². The van der Waals surface area contributed by atoms with Gasteiger partial charge in [0.2, 0.25) is 5.79 Å². The molecule has 4 heteroatoms. The molecule has 1 unspecified atom stereocenters. The minimum atomic E-state index is -1.35. The first-order valence-corrected chi connectivity index (χ1v) is 8.67. The first-order valence-electron chi connectivity index (χ1n) is 7.79. The van der Waals surface area contributed by atoms with Crippen LogP contribution >= 0.6 is 11.3 Å². The summed E-state index contributed by atoms with van der Waals surface area (Å²) in [4.78, 5) is 6.48. The average Bonchev–Trinajstić information content (AvgIpc) is 3.28. The summed E-state index contributed by atoms with van der Waals surface area (Å²) in [5, 5.41) is 14.1. The van der Waals surface area contributed by atoms with Crippen molar-refractivity contribution in [3.05, 3.63) is 94.8 Å². The Kier molecular flexibility index (Phi) is 3.94. The van der Waals surface area contributed by atoms with Gasteiger partial charge in [0, 0.05) is 12.3 Å². The lowest BCUT2D eigenvalue weighted by atomic mass is 10.0. The summed E-state index contributed by atoms with van der Waals surface area (Å²) >= 11 is 1.47. The minimum Gasteiger partial charge on any atom is -0.356 e. The van der Waals surface area contributed by atoms with Crippen molar-refractivity contribution in [1.82, 2.24) is 5.06 Å². The van der Waals surface area contributed by atoms with Gasteiger partial charge in [0.15, 0.2) is 0 Å². The van der Waals surface area contributed by atoms with Crippen molar-refractivity contribution in [2.24, 2.45) is 0 Å². The standard InChI is InChI=1S/C20H17NO2S/c22-20(19-7-4-14-24-19)12-13-21(23-20)15-16-8-10-18(11-9-16)17-5-2-1-3-6-17/h1-14,22H,15H2. The zero-order valence-corrected chi connectivity index (χ0v) is 13.8.